The molecule has 1 N–H and O–H groups in total. The molecule has 138 valence electrons. The van der Waals surface area contributed by atoms with Gasteiger partial charge in [-0.3, -0.25) is 0 Å². The average molecular weight is 389 g/mol. The molecule has 0 bridgehead atoms. The third-order valence-corrected chi connectivity index (χ3v) is 5.61. The van der Waals surface area contributed by atoms with E-state index in [-0.39, 0.29) is 10.8 Å². The minimum absolute atomic E-state index is 0.0788. The number of benzene rings is 3. The maximum absolute atomic E-state index is 13.1. The largest absolute Gasteiger partial charge is 0.264 e. The molecule has 0 saturated carbocycles. The van der Waals surface area contributed by atoms with E-state index in [0.717, 1.165) is 5.39 Å². The second kappa shape index (κ2) is 6.79. The van der Waals surface area contributed by atoms with E-state index in [9.17, 15) is 8.42 Å². The lowest BCUT2D eigenvalue weighted by atomic mass is 10.1. The SMILES string of the molecule is Cc1nc(NS(=O)(=O)c2cccc3ccccc23)n(-c2ccc(C#N)cc2)n1. The van der Waals surface area contributed by atoms with E-state index in [2.05, 4.69) is 14.8 Å². The number of hydrogen-bond acceptors (Lipinski definition) is 5. The number of fused-ring (bicyclic) bond motifs is 1. The Morgan fingerprint density at radius 3 is 2.46 bits per heavy atom. The van der Waals surface area contributed by atoms with Gasteiger partial charge in [-0.25, -0.2) is 13.1 Å². The Hall–Kier alpha value is -3.70. The van der Waals surface area contributed by atoms with Crippen LogP contribution in [0, 0.1) is 18.3 Å². The first-order valence-electron chi connectivity index (χ1n) is 8.43. The molecule has 0 radical (unpaired) electrons. The zero-order valence-corrected chi connectivity index (χ0v) is 15.7. The molecule has 0 unspecified atom stereocenters. The summed E-state index contributed by atoms with van der Waals surface area (Å²) in [5.41, 5.74) is 1.09. The molecule has 8 heteroatoms. The Morgan fingerprint density at radius 1 is 1.00 bits per heavy atom. The topological polar surface area (TPSA) is 101 Å². The predicted molar refractivity (Wildman–Crippen MR) is 106 cm³/mol. The molecular formula is C20H15N5O2S. The van der Waals surface area contributed by atoms with Crippen LogP contribution in [0.3, 0.4) is 0 Å². The molecule has 7 nitrogen and oxygen atoms in total. The highest BCUT2D eigenvalue weighted by Gasteiger charge is 2.21. The van der Waals surface area contributed by atoms with Crippen LogP contribution >= 0.6 is 0 Å². The Labute approximate surface area is 161 Å². The van der Waals surface area contributed by atoms with Gasteiger partial charge in [-0.1, -0.05) is 36.4 Å². The van der Waals surface area contributed by atoms with E-state index < -0.39 is 10.0 Å². The molecular weight excluding hydrogens is 374 g/mol. The number of hydrogen-bond donors (Lipinski definition) is 1. The average Bonchev–Trinajstić information content (AvgIpc) is 3.07. The summed E-state index contributed by atoms with van der Waals surface area (Å²) in [7, 11) is -3.90. The second-order valence-electron chi connectivity index (χ2n) is 6.14. The molecule has 0 aliphatic heterocycles. The third kappa shape index (κ3) is 3.19. The van der Waals surface area contributed by atoms with Crippen LogP contribution in [0.25, 0.3) is 16.5 Å². The zero-order valence-electron chi connectivity index (χ0n) is 14.9. The van der Waals surface area contributed by atoms with Crippen LogP contribution < -0.4 is 4.72 Å². The molecule has 0 spiro atoms. The standard InChI is InChI=1S/C20H15N5O2S/c1-14-22-20(25(23-14)17-11-9-15(13-21)10-12-17)24-28(26,27)19-8-4-6-16-5-2-3-7-18(16)19/h2-12H,1H3,(H,22,23,24). The molecule has 0 fully saturated rings. The summed E-state index contributed by atoms with van der Waals surface area (Å²) in [6.07, 6.45) is 0. The number of anilines is 1. The van der Waals surface area contributed by atoms with Gasteiger partial charge in [-0.05, 0) is 42.6 Å². The highest BCUT2D eigenvalue weighted by atomic mass is 32.2. The Kier molecular flexibility index (Phi) is 4.29. The van der Waals surface area contributed by atoms with E-state index in [4.69, 9.17) is 5.26 Å². The van der Waals surface area contributed by atoms with Gasteiger partial charge in [-0.2, -0.15) is 14.9 Å². The number of nitrogens with zero attached hydrogens (tertiary/aromatic N) is 4. The van der Waals surface area contributed by atoms with E-state index in [1.165, 1.54) is 4.68 Å². The van der Waals surface area contributed by atoms with Crippen LogP contribution in [0.1, 0.15) is 11.4 Å². The Morgan fingerprint density at radius 2 is 1.71 bits per heavy atom. The molecule has 0 atom stereocenters. The first-order valence-corrected chi connectivity index (χ1v) is 9.91. The first-order chi connectivity index (χ1) is 13.5. The number of sulfonamides is 1. The Balaban J connectivity index is 1.77. The summed E-state index contributed by atoms with van der Waals surface area (Å²) in [4.78, 5) is 4.38. The van der Waals surface area contributed by atoms with Crippen molar-refractivity contribution in [1.82, 2.24) is 14.8 Å². The molecule has 4 rings (SSSR count). The fourth-order valence-electron chi connectivity index (χ4n) is 2.94. The molecule has 0 saturated heterocycles. The lowest BCUT2D eigenvalue weighted by Gasteiger charge is -2.11. The van der Waals surface area contributed by atoms with Gasteiger partial charge < -0.3 is 0 Å². The molecule has 28 heavy (non-hydrogen) atoms. The number of aryl methyl sites for hydroxylation is 1. The third-order valence-electron chi connectivity index (χ3n) is 4.22. The summed E-state index contributed by atoms with van der Waals surface area (Å²) in [5, 5.41) is 14.7. The van der Waals surface area contributed by atoms with Crippen LogP contribution in [0.4, 0.5) is 5.95 Å². The predicted octanol–water partition coefficient (Wildman–Crippen LogP) is 3.40. The highest BCUT2D eigenvalue weighted by molar-refractivity contribution is 7.93. The fraction of sp³-hybridized carbons (Fsp3) is 0.0500. The highest BCUT2D eigenvalue weighted by Crippen LogP contribution is 2.25. The zero-order chi connectivity index (χ0) is 19.7. The summed E-state index contributed by atoms with van der Waals surface area (Å²) in [6, 6.07) is 21.1. The second-order valence-corrected chi connectivity index (χ2v) is 7.79. The summed E-state index contributed by atoms with van der Waals surface area (Å²) in [5.74, 6) is 0.495. The molecule has 1 heterocycles. The Bertz CT molecular complexity index is 1310. The van der Waals surface area contributed by atoms with E-state index >= 15 is 0 Å². The summed E-state index contributed by atoms with van der Waals surface area (Å²) < 4.78 is 30.1. The quantitative estimate of drug-likeness (QED) is 0.576. The van der Waals surface area contributed by atoms with Gasteiger partial charge in [0.05, 0.1) is 22.2 Å². The van der Waals surface area contributed by atoms with Crippen molar-refractivity contribution in [3.8, 4) is 11.8 Å². The van der Waals surface area contributed by atoms with Crippen LogP contribution in [-0.2, 0) is 10.0 Å². The van der Waals surface area contributed by atoms with Gasteiger partial charge in [0.15, 0.2) is 0 Å². The smallest absolute Gasteiger partial charge is 0.247 e. The van der Waals surface area contributed by atoms with Gasteiger partial charge >= 0.3 is 0 Å². The first kappa shape index (κ1) is 17.7. The van der Waals surface area contributed by atoms with Gasteiger partial charge in [0.1, 0.15) is 5.82 Å². The molecule has 1 aromatic heterocycles. The van der Waals surface area contributed by atoms with Crippen molar-refractivity contribution in [3.05, 3.63) is 78.1 Å². The number of nitriles is 1. The van der Waals surface area contributed by atoms with E-state index in [1.807, 2.05) is 24.3 Å². The maximum atomic E-state index is 13.1. The lowest BCUT2D eigenvalue weighted by Crippen LogP contribution is -2.17. The van der Waals surface area contributed by atoms with Gasteiger partial charge in [-0.15, -0.1) is 5.10 Å². The van der Waals surface area contributed by atoms with Crippen molar-refractivity contribution >= 4 is 26.7 Å². The van der Waals surface area contributed by atoms with Crippen molar-refractivity contribution < 1.29 is 8.42 Å². The van der Waals surface area contributed by atoms with Crippen LogP contribution in [0.2, 0.25) is 0 Å². The van der Waals surface area contributed by atoms with Gasteiger partial charge in [0.25, 0.3) is 10.0 Å². The van der Waals surface area contributed by atoms with Crippen LogP contribution in [0.5, 0.6) is 0 Å². The molecule has 0 amide bonds. The van der Waals surface area contributed by atoms with Crippen LogP contribution in [-0.4, -0.2) is 23.2 Å². The maximum Gasteiger partial charge on any atom is 0.264 e. The van der Waals surface area contributed by atoms with Crippen LogP contribution in [0.15, 0.2) is 71.6 Å². The lowest BCUT2D eigenvalue weighted by molar-refractivity contribution is 0.601. The monoisotopic (exact) mass is 389 g/mol. The number of rotatable bonds is 4. The van der Waals surface area contributed by atoms with Crippen molar-refractivity contribution in [2.75, 3.05) is 4.72 Å². The minimum atomic E-state index is -3.90. The number of nitrogens with one attached hydrogen (secondary N) is 1. The molecule has 4 aromatic rings. The summed E-state index contributed by atoms with van der Waals surface area (Å²) >= 11 is 0. The van der Waals surface area contributed by atoms with Crippen molar-refractivity contribution in [3.63, 3.8) is 0 Å². The molecule has 3 aromatic carbocycles. The normalized spacial score (nSPS) is 11.3. The fourth-order valence-corrected chi connectivity index (χ4v) is 4.16. The molecule has 0 aliphatic carbocycles. The molecule has 0 aliphatic rings. The minimum Gasteiger partial charge on any atom is -0.247 e. The van der Waals surface area contributed by atoms with Crippen molar-refractivity contribution in [2.45, 2.75) is 11.8 Å². The number of aromatic nitrogens is 3. The van der Waals surface area contributed by atoms with Crippen molar-refractivity contribution in [1.29, 1.82) is 5.26 Å². The van der Waals surface area contributed by atoms with Gasteiger partial charge in [0, 0.05) is 5.39 Å². The van der Waals surface area contributed by atoms with Crippen molar-refractivity contribution in [2.24, 2.45) is 0 Å². The summed E-state index contributed by atoms with van der Waals surface area (Å²) in [6.45, 7) is 1.68. The van der Waals surface area contributed by atoms with E-state index in [0.29, 0.717) is 22.5 Å². The van der Waals surface area contributed by atoms with E-state index in [1.54, 1.807) is 55.5 Å². The van der Waals surface area contributed by atoms with Gasteiger partial charge in [0.2, 0.25) is 5.95 Å².